The number of sulfonamides is 1. The molecule has 1 aliphatic heterocycles. The third-order valence-electron chi connectivity index (χ3n) is 5.69. The molecular formula is C24H27N3O7S. The first-order valence-electron chi connectivity index (χ1n) is 11.2. The van der Waals surface area contributed by atoms with Crippen LogP contribution in [0.2, 0.25) is 0 Å². The van der Waals surface area contributed by atoms with Gasteiger partial charge in [-0.1, -0.05) is 23.8 Å². The third-order valence-corrected chi connectivity index (χ3v) is 7.08. The molecule has 1 heterocycles. The zero-order valence-corrected chi connectivity index (χ0v) is 20.4. The van der Waals surface area contributed by atoms with Crippen LogP contribution >= 0.6 is 0 Å². The standard InChI is InChI=1S/C24H27N3O7S/c1-4-32-23(28)25-27(24(29)33-5-2)19-11-13-21-22(19)18-14-16(8-12-20(18)34-21)26-35(30,31)17-9-6-15(3)7-10-17/h6-14,19,21-22,26H,4-5H2,1-3H3,(H,25,28)/t19-,21-,22+/m1/s1. The van der Waals surface area contributed by atoms with Crippen LogP contribution in [0.15, 0.2) is 59.5 Å². The van der Waals surface area contributed by atoms with E-state index in [1.165, 1.54) is 0 Å². The van der Waals surface area contributed by atoms with Crippen LogP contribution in [0.1, 0.15) is 30.9 Å². The van der Waals surface area contributed by atoms with Crippen LogP contribution in [0.25, 0.3) is 0 Å². The molecule has 2 amide bonds. The number of hydrazine groups is 1. The number of benzene rings is 2. The molecule has 2 aliphatic rings. The normalized spacial score (nSPS) is 19.8. The van der Waals surface area contributed by atoms with Crippen molar-refractivity contribution in [3.8, 4) is 5.75 Å². The van der Waals surface area contributed by atoms with Crippen molar-refractivity contribution in [2.75, 3.05) is 17.9 Å². The average Bonchev–Trinajstić information content (AvgIpc) is 3.37. The Kier molecular flexibility index (Phi) is 6.88. The molecule has 2 N–H and O–H groups in total. The van der Waals surface area contributed by atoms with Crippen LogP contribution in [-0.4, -0.2) is 51.0 Å². The van der Waals surface area contributed by atoms with Crippen molar-refractivity contribution in [1.29, 1.82) is 0 Å². The van der Waals surface area contributed by atoms with Gasteiger partial charge in [0, 0.05) is 11.3 Å². The number of rotatable bonds is 6. The Balaban J connectivity index is 1.61. The highest BCUT2D eigenvalue weighted by molar-refractivity contribution is 7.92. The number of aryl methyl sites for hydroxylation is 1. The molecule has 2 aromatic carbocycles. The summed E-state index contributed by atoms with van der Waals surface area (Å²) in [5.41, 5.74) is 4.43. The van der Waals surface area contributed by atoms with Crippen LogP contribution in [0.4, 0.5) is 15.3 Å². The van der Waals surface area contributed by atoms with Gasteiger partial charge in [-0.05, 0) is 57.2 Å². The number of carbonyl (C=O) groups excluding carboxylic acids is 2. The van der Waals surface area contributed by atoms with Gasteiger partial charge in [-0.3, -0.25) is 4.72 Å². The lowest BCUT2D eigenvalue weighted by atomic mass is 9.92. The molecule has 0 radical (unpaired) electrons. The van der Waals surface area contributed by atoms with Crippen molar-refractivity contribution in [1.82, 2.24) is 10.4 Å². The van der Waals surface area contributed by atoms with Crippen LogP contribution < -0.4 is 14.9 Å². The van der Waals surface area contributed by atoms with Crippen molar-refractivity contribution in [3.63, 3.8) is 0 Å². The highest BCUT2D eigenvalue weighted by Crippen LogP contribution is 2.46. The van der Waals surface area contributed by atoms with Gasteiger partial charge in [0.05, 0.1) is 30.1 Å². The molecule has 0 bridgehead atoms. The van der Waals surface area contributed by atoms with Crippen molar-refractivity contribution in [2.45, 2.75) is 43.7 Å². The number of nitrogens with zero attached hydrogens (tertiary/aromatic N) is 1. The lowest BCUT2D eigenvalue weighted by Crippen LogP contribution is -2.53. The quantitative estimate of drug-likeness (QED) is 0.457. The summed E-state index contributed by atoms with van der Waals surface area (Å²) in [5, 5.41) is 1.07. The number of carbonyl (C=O) groups is 2. The Morgan fingerprint density at radius 2 is 1.74 bits per heavy atom. The monoisotopic (exact) mass is 501 g/mol. The highest BCUT2D eigenvalue weighted by atomic mass is 32.2. The molecule has 0 aromatic heterocycles. The molecule has 0 fully saturated rings. The maximum absolute atomic E-state index is 12.9. The fraction of sp³-hybridized carbons (Fsp3) is 0.333. The number of fused-ring (bicyclic) bond motifs is 3. The summed E-state index contributed by atoms with van der Waals surface area (Å²) in [6, 6.07) is 10.9. The number of anilines is 1. The largest absolute Gasteiger partial charge is 0.485 e. The number of hydrogen-bond acceptors (Lipinski definition) is 7. The zero-order valence-electron chi connectivity index (χ0n) is 19.6. The third kappa shape index (κ3) is 5.04. The topological polar surface area (TPSA) is 123 Å². The highest BCUT2D eigenvalue weighted by Gasteiger charge is 2.46. The Hall–Kier alpha value is -3.73. The van der Waals surface area contributed by atoms with Gasteiger partial charge in [-0.15, -0.1) is 0 Å². The minimum absolute atomic E-state index is 0.113. The molecule has 0 saturated carbocycles. The summed E-state index contributed by atoms with van der Waals surface area (Å²) in [7, 11) is -3.81. The predicted octanol–water partition coefficient (Wildman–Crippen LogP) is 3.70. The maximum Gasteiger partial charge on any atom is 0.429 e. The second-order valence-corrected chi connectivity index (χ2v) is 9.74. The van der Waals surface area contributed by atoms with E-state index in [-0.39, 0.29) is 18.1 Å². The number of amides is 2. The van der Waals surface area contributed by atoms with Crippen molar-refractivity contribution in [3.05, 3.63) is 65.7 Å². The molecule has 11 heteroatoms. The number of nitrogens with one attached hydrogen (secondary N) is 2. The molecule has 10 nitrogen and oxygen atoms in total. The molecule has 1 aliphatic carbocycles. The van der Waals surface area contributed by atoms with Crippen molar-refractivity contribution >= 4 is 27.9 Å². The Labute approximate surface area is 203 Å². The van der Waals surface area contributed by atoms with Gasteiger partial charge in [-0.25, -0.2) is 28.4 Å². The van der Waals surface area contributed by atoms with E-state index >= 15 is 0 Å². The second-order valence-electron chi connectivity index (χ2n) is 8.06. The van der Waals surface area contributed by atoms with Gasteiger partial charge in [0.15, 0.2) is 0 Å². The van der Waals surface area contributed by atoms with Crippen molar-refractivity contribution < 1.29 is 32.2 Å². The lowest BCUT2D eigenvalue weighted by molar-refractivity contribution is 0.0568. The summed E-state index contributed by atoms with van der Waals surface area (Å²) in [6.45, 7) is 5.44. The summed E-state index contributed by atoms with van der Waals surface area (Å²) in [4.78, 5) is 24.9. The molecule has 0 unspecified atom stereocenters. The first-order valence-corrected chi connectivity index (χ1v) is 12.7. The van der Waals surface area contributed by atoms with Crippen LogP contribution in [0.3, 0.4) is 0 Å². The van der Waals surface area contributed by atoms with Gasteiger partial charge in [0.2, 0.25) is 0 Å². The van der Waals surface area contributed by atoms with E-state index in [4.69, 9.17) is 14.2 Å². The molecule has 0 spiro atoms. The molecule has 186 valence electrons. The van der Waals surface area contributed by atoms with E-state index < -0.39 is 40.3 Å². The molecule has 0 saturated heterocycles. The minimum Gasteiger partial charge on any atom is -0.485 e. The minimum atomic E-state index is -3.81. The second kappa shape index (κ2) is 9.87. The maximum atomic E-state index is 12.9. The molecule has 2 aromatic rings. The Morgan fingerprint density at radius 1 is 1.03 bits per heavy atom. The van der Waals surface area contributed by atoms with Crippen LogP contribution in [-0.2, 0) is 19.5 Å². The smallest absolute Gasteiger partial charge is 0.429 e. The fourth-order valence-electron chi connectivity index (χ4n) is 4.13. The van der Waals surface area contributed by atoms with Gasteiger partial charge in [-0.2, -0.15) is 0 Å². The summed E-state index contributed by atoms with van der Waals surface area (Å²) in [6.07, 6.45) is 1.59. The van der Waals surface area contributed by atoms with E-state index in [2.05, 4.69) is 10.1 Å². The van der Waals surface area contributed by atoms with Gasteiger partial charge >= 0.3 is 12.2 Å². The first kappa shape index (κ1) is 24.4. The van der Waals surface area contributed by atoms with E-state index in [0.717, 1.165) is 10.6 Å². The van der Waals surface area contributed by atoms with Crippen LogP contribution in [0, 0.1) is 6.92 Å². The van der Waals surface area contributed by atoms with Crippen LogP contribution in [0.5, 0.6) is 5.75 Å². The number of hydrogen-bond donors (Lipinski definition) is 2. The van der Waals surface area contributed by atoms with Crippen molar-refractivity contribution in [2.24, 2.45) is 0 Å². The van der Waals surface area contributed by atoms with E-state index in [0.29, 0.717) is 17.0 Å². The van der Waals surface area contributed by atoms with Gasteiger partial charge in [0.25, 0.3) is 10.0 Å². The molecule has 4 rings (SSSR count). The average molecular weight is 502 g/mol. The summed E-state index contributed by atoms with van der Waals surface area (Å²) in [5.74, 6) is 0.160. The number of ether oxygens (including phenoxy) is 3. The first-order chi connectivity index (χ1) is 16.7. The van der Waals surface area contributed by atoms with E-state index in [1.54, 1.807) is 68.5 Å². The molecule has 35 heavy (non-hydrogen) atoms. The summed E-state index contributed by atoms with van der Waals surface area (Å²) < 4.78 is 44.4. The predicted molar refractivity (Wildman–Crippen MR) is 128 cm³/mol. The SMILES string of the molecule is CCOC(=O)NN(C(=O)OCC)[C@@H]1C=C[C@H]2Oc3ccc(NS(=O)(=O)c4ccc(C)cc4)cc3[C@@H]12. The van der Waals surface area contributed by atoms with E-state index in [9.17, 15) is 18.0 Å². The molecule has 3 atom stereocenters. The van der Waals surface area contributed by atoms with Gasteiger partial charge < -0.3 is 14.2 Å². The van der Waals surface area contributed by atoms with E-state index in [1.807, 2.05) is 6.92 Å². The fourth-order valence-corrected chi connectivity index (χ4v) is 5.18. The summed E-state index contributed by atoms with van der Waals surface area (Å²) >= 11 is 0. The zero-order chi connectivity index (χ0) is 25.2. The Morgan fingerprint density at radius 3 is 2.43 bits per heavy atom. The Bertz CT molecular complexity index is 1240. The van der Waals surface area contributed by atoms with Gasteiger partial charge in [0.1, 0.15) is 11.9 Å². The molecular weight excluding hydrogens is 474 g/mol. The lowest BCUT2D eigenvalue weighted by Gasteiger charge is -2.30.